The van der Waals surface area contributed by atoms with Crippen molar-refractivity contribution in [1.29, 1.82) is 0 Å². The number of nitrogens with one attached hydrogen (secondary N) is 1. The standard InChI is InChI=1S/C11H21NO2/c1-8(2)9-4-6-10(7-5-9)11(13)12-14-3/h8-10H,4-7H2,1-3H3,(H,12,13). The molecule has 1 amide bonds. The van der Waals surface area contributed by atoms with Crippen LogP contribution >= 0.6 is 0 Å². The first kappa shape index (κ1) is 11.5. The molecule has 1 aliphatic rings. The van der Waals surface area contributed by atoms with Crippen LogP contribution in [0.15, 0.2) is 0 Å². The fraction of sp³-hybridized carbons (Fsp3) is 0.909. The molecule has 14 heavy (non-hydrogen) atoms. The van der Waals surface area contributed by atoms with Crippen molar-refractivity contribution in [3.8, 4) is 0 Å². The first-order valence-electron chi connectivity index (χ1n) is 5.48. The normalized spacial score (nSPS) is 27.7. The highest BCUT2D eigenvalue weighted by Gasteiger charge is 2.27. The maximum absolute atomic E-state index is 11.4. The Hall–Kier alpha value is -0.570. The van der Waals surface area contributed by atoms with Gasteiger partial charge in [0.05, 0.1) is 7.11 Å². The molecule has 82 valence electrons. The van der Waals surface area contributed by atoms with E-state index in [0.717, 1.165) is 24.7 Å². The van der Waals surface area contributed by atoms with Gasteiger partial charge >= 0.3 is 0 Å². The van der Waals surface area contributed by atoms with Crippen molar-refractivity contribution in [2.45, 2.75) is 39.5 Å². The Morgan fingerprint density at radius 2 is 1.86 bits per heavy atom. The van der Waals surface area contributed by atoms with E-state index in [1.807, 2.05) is 0 Å². The fourth-order valence-corrected chi connectivity index (χ4v) is 2.23. The Morgan fingerprint density at radius 1 is 1.29 bits per heavy atom. The summed E-state index contributed by atoms with van der Waals surface area (Å²) in [7, 11) is 1.48. The molecular formula is C11H21NO2. The number of hydrogen-bond donors (Lipinski definition) is 1. The van der Waals surface area contributed by atoms with Crippen LogP contribution in [0.1, 0.15) is 39.5 Å². The van der Waals surface area contributed by atoms with Crippen LogP contribution in [-0.2, 0) is 9.63 Å². The second-order valence-electron chi connectivity index (χ2n) is 4.53. The largest absolute Gasteiger partial charge is 0.277 e. The van der Waals surface area contributed by atoms with Crippen LogP contribution in [0.4, 0.5) is 0 Å². The first-order valence-corrected chi connectivity index (χ1v) is 5.48. The summed E-state index contributed by atoms with van der Waals surface area (Å²) in [5, 5.41) is 0. The van der Waals surface area contributed by atoms with E-state index in [4.69, 9.17) is 0 Å². The van der Waals surface area contributed by atoms with Crippen molar-refractivity contribution in [1.82, 2.24) is 5.48 Å². The number of amides is 1. The highest BCUT2D eigenvalue weighted by atomic mass is 16.6. The second kappa shape index (κ2) is 5.35. The predicted octanol–water partition coefficient (Wildman–Crippen LogP) is 2.13. The third-order valence-electron chi connectivity index (χ3n) is 3.29. The summed E-state index contributed by atoms with van der Waals surface area (Å²) in [6.45, 7) is 4.53. The van der Waals surface area contributed by atoms with Gasteiger partial charge in [0.2, 0.25) is 5.91 Å². The Balaban J connectivity index is 2.31. The number of hydrogen-bond acceptors (Lipinski definition) is 2. The average molecular weight is 199 g/mol. The highest BCUT2D eigenvalue weighted by molar-refractivity contribution is 5.77. The lowest BCUT2D eigenvalue weighted by Crippen LogP contribution is -2.33. The fourth-order valence-electron chi connectivity index (χ4n) is 2.23. The lowest BCUT2D eigenvalue weighted by Gasteiger charge is -2.29. The van der Waals surface area contributed by atoms with Gasteiger partial charge in [0.25, 0.3) is 0 Å². The van der Waals surface area contributed by atoms with Gasteiger partial charge in [-0.1, -0.05) is 13.8 Å². The maximum Gasteiger partial charge on any atom is 0.246 e. The van der Waals surface area contributed by atoms with Crippen LogP contribution in [0.2, 0.25) is 0 Å². The van der Waals surface area contributed by atoms with Crippen LogP contribution in [0, 0.1) is 17.8 Å². The lowest BCUT2D eigenvalue weighted by molar-refractivity contribution is -0.136. The molecule has 1 fully saturated rings. The van der Waals surface area contributed by atoms with Gasteiger partial charge in [-0.05, 0) is 37.5 Å². The quantitative estimate of drug-likeness (QED) is 0.707. The summed E-state index contributed by atoms with van der Waals surface area (Å²) in [4.78, 5) is 16.1. The van der Waals surface area contributed by atoms with E-state index in [0.29, 0.717) is 0 Å². The Labute approximate surface area is 86.2 Å². The van der Waals surface area contributed by atoms with Crippen molar-refractivity contribution in [3.63, 3.8) is 0 Å². The minimum absolute atomic E-state index is 0.0507. The zero-order valence-corrected chi connectivity index (χ0v) is 9.38. The van der Waals surface area contributed by atoms with Crippen LogP contribution < -0.4 is 5.48 Å². The molecule has 0 bridgehead atoms. The van der Waals surface area contributed by atoms with E-state index in [1.165, 1.54) is 20.0 Å². The third-order valence-corrected chi connectivity index (χ3v) is 3.29. The number of carbonyl (C=O) groups excluding carboxylic acids is 1. The van der Waals surface area contributed by atoms with Gasteiger partial charge in [0, 0.05) is 5.92 Å². The van der Waals surface area contributed by atoms with Crippen LogP contribution in [0.5, 0.6) is 0 Å². The molecule has 0 atom stereocenters. The second-order valence-corrected chi connectivity index (χ2v) is 4.53. The molecule has 1 saturated carbocycles. The summed E-state index contributed by atoms with van der Waals surface area (Å²) < 4.78 is 0. The van der Waals surface area contributed by atoms with Crippen molar-refractivity contribution < 1.29 is 9.63 Å². The molecule has 0 aromatic carbocycles. The summed E-state index contributed by atoms with van der Waals surface area (Å²) in [5.74, 6) is 1.78. The molecule has 1 rings (SSSR count). The summed E-state index contributed by atoms with van der Waals surface area (Å²) in [6, 6.07) is 0. The number of hydroxylamine groups is 1. The first-order chi connectivity index (χ1) is 6.65. The highest BCUT2D eigenvalue weighted by Crippen LogP contribution is 2.33. The average Bonchev–Trinajstić information content (AvgIpc) is 2.18. The van der Waals surface area contributed by atoms with Gasteiger partial charge in [-0.3, -0.25) is 9.63 Å². The molecule has 0 aliphatic heterocycles. The molecule has 0 unspecified atom stereocenters. The van der Waals surface area contributed by atoms with Gasteiger partial charge in [0.15, 0.2) is 0 Å². The molecule has 3 nitrogen and oxygen atoms in total. The monoisotopic (exact) mass is 199 g/mol. The summed E-state index contributed by atoms with van der Waals surface area (Å²) >= 11 is 0. The minimum Gasteiger partial charge on any atom is -0.277 e. The molecule has 0 radical (unpaired) electrons. The maximum atomic E-state index is 11.4. The van der Waals surface area contributed by atoms with E-state index >= 15 is 0 Å². The van der Waals surface area contributed by atoms with Crippen molar-refractivity contribution in [2.75, 3.05) is 7.11 Å². The number of carbonyl (C=O) groups is 1. The molecule has 1 aliphatic carbocycles. The SMILES string of the molecule is CONC(=O)C1CCC(C(C)C)CC1. The van der Waals surface area contributed by atoms with Crippen molar-refractivity contribution in [3.05, 3.63) is 0 Å². The van der Waals surface area contributed by atoms with Gasteiger partial charge in [-0.25, -0.2) is 5.48 Å². The molecular weight excluding hydrogens is 178 g/mol. The smallest absolute Gasteiger partial charge is 0.246 e. The van der Waals surface area contributed by atoms with Crippen LogP contribution in [0.25, 0.3) is 0 Å². The van der Waals surface area contributed by atoms with E-state index in [-0.39, 0.29) is 11.8 Å². The minimum atomic E-state index is 0.0507. The zero-order chi connectivity index (χ0) is 10.6. The van der Waals surface area contributed by atoms with Crippen molar-refractivity contribution in [2.24, 2.45) is 17.8 Å². The number of rotatable bonds is 3. The topological polar surface area (TPSA) is 38.3 Å². The van der Waals surface area contributed by atoms with Gasteiger partial charge in [-0.2, -0.15) is 0 Å². The van der Waals surface area contributed by atoms with E-state index < -0.39 is 0 Å². The Bertz CT molecular complexity index is 184. The van der Waals surface area contributed by atoms with Gasteiger partial charge in [-0.15, -0.1) is 0 Å². The van der Waals surface area contributed by atoms with Crippen molar-refractivity contribution >= 4 is 5.91 Å². The van der Waals surface area contributed by atoms with Crippen LogP contribution in [-0.4, -0.2) is 13.0 Å². The van der Waals surface area contributed by atoms with E-state index in [9.17, 15) is 4.79 Å². The van der Waals surface area contributed by atoms with Gasteiger partial charge in [0.1, 0.15) is 0 Å². The summed E-state index contributed by atoms with van der Waals surface area (Å²) in [6.07, 6.45) is 4.38. The van der Waals surface area contributed by atoms with E-state index in [1.54, 1.807) is 0 Å². The molecule has 0 heterocycles. The molecule has 0 aromatic heterocycles. The predicted molar refractivity (Wildman–Crippen MR) is 55.4 cm³/mol. The Kier molecular flexibility index (Phi) is 4.39. The molecule has 3 heteroatoms. The molecule has 0 aromatic rings. The Morgan fingerprint density at radius 3 is 2.29 bits per heavy atom. The zero-order valence-electron chi connectivity index (χ0n) is 9.38. The van der Waals surface area contributed by atoms with Crippen LogP contribution in [0.3, 0.4) is 0 Å². The molecule has 0 spiro atoms. The van der Waals surface area contributed by atoms with Gasteiger partial charge < -0.3 is 0 Å². The lowest BCUT2D eigenvalue weighted by atomic mass is 9.77. The summed E-state index contributed by atoms with van der Waals surface area (Å²) in [5.41, 5.74) is 2.42. The molecule has 0 saturated heterocycles. The molecule has 1 N–H and O–H groups in total. The third kappa shape index (κ3) is 2.98. The van der Waals surface area contributed by atoms with E-state index in [2.05, 4.69) is 24.2 Å².